The molecular weight excluding hydrogens is 260 g/mol. The highest BCUT2D eigenvalue weighted by Crippen LogP contribution is 2.19. The molecule has 18 heavy (non-hydrogen) atoms. The lowest BCUT2D eigenvalue weighted by Gasteiger charge is -2.08. The quantitative estimate of drug-likeness (QED) is 0.449. The molecule has 0 heterocycles. The molecule has 0 aliphatic heterocycles. The van der Waals surface area contributed by atoms with Crippen molar-refractivity contribution < 1.29 is 23.8 Å². The van der Waals surface area contributed by atoms with Crippen LogP contribution in [0.1, 0.15) is 20.7 Å². The van der Waals surface area contributed by atoms with Gasteiger partial charge in [-0.25, -0.2) is 4.79 Å². The normalized spacial score (nSPS) is 9.94. The van der Waals surface area contributed by atoms with Gasteiger partial charge in [-0.15, -0.1) is 0 Å². The highest BCUT2D eigenvalue weighted by molar-refractivity contribution is 6.67. The van der Waals surface area contributed by atoms with Gasteiger partial charge in [-0.05, 0) is 29.8 Å². The number of rotatable bonds is 6. The SMILES string of the molecule is COCCOc1cc(C(=O)Cl)cc(C(=O)OC)c1. The zero-order valence-electron chi connectivity index (χ0n) is 10.1. The monoisotopic (exact) mass is 272 g/mol. The van der Waals surface area contributed by atoms with Crippen LogP contribution in [0.2, 0.25) is 0 Å². The van der Waals surface area contributed by atoms with Gasteiger partial charge >= 0.3 is 5.97 Å². The third-order valence-electron chi connectivity index (χ3n) is 2.11. The average Bonchev–Trinajstić information content (AvgIpc) is 2.37. The molecule has 0 aliphatic rings. The molecule has 0 aliphatic carbocycles. The Balaban J connectivity index is 2.98. The Morgan fingerprint density at radius 3 is 2.33 bits per heavy atom. The molecule has 1 aromatic rings. The highest BCUT2D eigenvalue weighted by Gasteiger charge is 2.12. The molecule has 0 saturated carbocycles. The summed E-state index contributed by atoms with van der Waals surface area (Å²) in [5.74, 6) is -0.203. The van der Waals surface area contributed by atoms with Crippen LogP contribution >= 0.6 is 11.6 Å². The molecule has 0 N–H and O–H groups in total. The summed E-state index contributed by atoms with van der Waals surface area (Å²) in [5.41, 5.74) is 0.378. The van der Waals surface area contributed by atoms with Crippen LogP contribution in [0, 0.1) is 0 Å². The van der Waals surface area contributed by atoms with Crippen molar-refractivity contribution in [1.82, 2.24) is 0 Å². The van der Waals surface area contributed by atoms with E-state index in [2.05, 4.69) is 4.74 Å². The van der Waals surface area contributed by atoms with Gasteiger partial charge in [-0.2, -0.15) is 0 Å². The lowest BCUT2D eigenvalue weighted by atomic mass is 10.1. The Kier molecular flexibility index (Phi) is 5.61. The van der Waals surface area contributed by atoms with E-state index in [1.165, 1.54) is 25.3 Å². The average molecular weight is 273 g/mol. The van der Waals surface area contributed by atoms with E-state index in [1.807, 2.05) is 0 Å². The van der Waals surface area contributed by atoms with Gasteiger partial charge in [0.2, 0.25) is 0 Å². The molecule has 0 bridgehead atoms. The molecule has 0 spiro atoms. The van der Waals surface area contributed by atoms with Gasteiger partial charge in [0.05, 0.1) is 19.3 Å². The molecular formula is C12H13ClO5. The molecule has 5 nitrogen and oxygen atoms in total. The van der Waals surface area contributed by atoms with Gasteiger partial charge in [0, 0.05) is 12.7 Å². The van der Waals surface area contributed by atoms with E-state index in [-0.39, 0.29) is 11.1 Å². The van der Waals surface area contributed by atoms with Gasteiger partial charge in [-0.1, -0.05) is 0 Å². The Bertz CT molecular complexity index is 444. The summed E-state index contributed by atoms with van der Waals surface area (Å²) in [5, 5.41) is -0.669. The van der Waals surface area contributed by atoms with Crippen LogP contribution < -0.4 is 4.74 Å². The molecule has 0 atom stereocenters. The molecule has 0 aromatic heterocycles. The number of ether oxygens (including phenoxy) is 3. The Labute approximate surface area is 110 Å². The Morgan fingerprint density at radius 2 is 1.78 bits per heavy atom. The van der Waals surface area contributed by atoms with Crippen LogP contribution in [-0.2, 0) is 9.47 Å². The standard InChI is InChI=1S/C12H13ClO5/c1-16-3-4-18-10-6-8(11(13)14)5-9(7-10)12(15)17-2/h5-7H,3-4H2,1-2H3. The summed E-state index contributed by atoms with van der Waals surface area (Å²) in [6.45, 7) is 0.698. The fourth-order valence-electron chi connectivity index (χ4n) is 1.27. The second kappa shape index (κ2) is 6.98. The fourth-order valence-corrected chi connectivity index (χ4v) is 1.38. The van der Waals surface area contributed by atoms with E-state index in [0.29, 0.717) is 19.0 Å². The van der Waals surface area contributed by atoms with Gasteiger partial charge in [0.15, 0.2) is 0 Å². The topological polar surface area (TPSA) is 61.8 Å². The number of carbonyl (C=O) groups is 2. The number of carbonyl (C=O) groups excluding carboxylic acids is 2. The van der Waals surface area contributed by atoms with Crippen molar-refractivity contribution in [2.45, 2.75) is 0 Å². The summed E-state index contributed by atoms with van der Waals surface area (Å²) < 4.78 is 14.7. The van der Waals surface area contributed by atoms with Crippen molar-refractivity contribution in [3.63, 3.8) is 0 Å². The number of hydrogen-bond acceptors (Lipinski definition) is 5. The first kappa shape index (κ1) is 14.5. The van der Waals surface area contributed by atoms with Crippen molar-refractivity contribution in [3.05, 3.63) is 29.3 Å². The Hall–Kier alpha value is -1.59. The predicted octanol–water partition coefficient (Wildman–Crippen LogP) is 1.88. The molecule has 0 radical (unpaired) electrons. The number of benzene rings is 1. The summed E-state index contributed by atoms with van der Waals surface area (Å²) in [6.07, 6.45) is 0. The predicted molar refractivity (Wildman–Crippen MR) is 65.3 cm³/mol. The van der Waals surface area contributed by atoms with E-state index in [4.69, 9.17) is 21.1 Å². The summed E-state index contributed by atoms with van der Waals surface area (Å²) in [4.78, 5) is 22.5. The van der Waals surface area contributed by atoms with Gasteiger partial charge in [0.1, 0.15) is 12.4 Å². The molecule has 0 saturated heterocycles. The van der Waals surface area contributed by atoms with Gasteiger partial charge < -0.3 is 14.2 Å². The van der Waals surface area contributed by atoms with Crippen LogP contribution in [-0.4, -0.2) is 38.6 Å². The fraction of sp³-hybridized carbons (Fsp3) is 0.333. The van der Waals surface area contributed by atoms with E-state index < -0.39 is 11.2 Å². The second-order valence-corrected chi connectivity index (χ2v) is 3.70. The first-order valence-electron chi connectivity index (χ1n) is 5.13. The first-order valence-corrected chi connectivity index (χ1v) is 5.51. The minimum Gasteiger partial charge on any atom is -0.491 e. The summed E-state index contributed by atoms with van der Waals surface area (Å²) in [7, 11) is 2.80. The smallest absolute Gasteiger partial charge is 0.338 e. The Morgan fingerprint density at radius 1 is 1.11 bits per heavy atom. The van der Waals surface area contributed by atoms with Crippen molar-refractivity contribution in [1.29, 1.82) is 0 Å². The number of halogens is 1. The largest absolute Gasteiger partial charge is 0.491 e. The summed E-state index contributed by atoms with van der Waals surface area (Å²) in [6, 6.07) is 4.28. The molecule has 0 amide bonds. The third-order valence-corrected chi connectivity index (χ3v) is 2.33. The maximum atomic E-state index is 11.4. The number of hydrogen-bond donors (Lipinski definition) is 0. The summed E-state index contributed by atoms with van der Waals surface area (Å²) >= 11 is 5.39. The van der Waals surface area contributed by atoms with Crippen LogP contribution in [0.15, 0.2) is 18.2 Å². The van der Waals surface area contributed by atoms with E-state index in [0.717, 1.165) is 0 Å². The van der Waals surface area contributed by atoms with E-state index in [9.17, 15) is 9.59 Å². The number of methoxy groups -OCH3 is 2. The van der Waals surface area contributed by atoms with Crippen LogP contribution in [0.5, 0.6) is 5.75 Å². The zero-order chi connectivity index (χ0) is 13.5. The highest BCUT2D eigenvalue weighted by atomic mass is 35.5. The van der Waals surface area contributed by atoms with Crippen molar-refractivity contribution in [2.75, 3.05) is 27.4 Å². The van der Waals surface area contributed by atoms with Crippen molar-refractivity contribution in [3.8, 4) is 5.75 Å². The minimum absolute atomic E-state index is 0.173. The van der Waals surface area contributed by atoms with Gasteiger partial charge in [-0.3, -0.25) is 4.79 Å². The lowest BCUT2D eigenvalue weighted by Crippen LogP contribution is -2.07. The van der Waals surface area contributed by atoms with E-state index in [1.54, 1.807) is 7.11 Å². The van der Waals surface area contributed by atoms with E-state index >= 15 is 0 Å². The van der Waals surface area contributed by atoms with Crippen LogP contribution in [0.3, 0.4) is 0 Å². The number of esters is 1. The second-order valence-electron chi connectivity index (χ2n) is 3.35. The zero-order valence-corrected chi connectivity index (χ0v) is 10.8. The van der Waals surface area contributed by atoms with Crippen molar-refractivity contribution >= 4 is 22.8 Å². The third kappa shape index (κ3) is 4.01. The molecule has 0 unspecified atom stereocenters. The molecule has 1 rings (SSSR count). The van der Waals surface area contributed by atoms with Crippen LogP contribution in [0.4, 0.5) is 0 Å². The first-order chi connectivity index (χ1) is 8.58. The van der Waals surface area contributed by atoms with Gasteiger partial charge in [0.25, 0.3) is 5.24 Å². The van der Waals surface area contributed by atoms with Crippen molar-refractivity contribution in [2.24, 2.45) is 0 Å². The maximum absolute atomic E-state index is 11.4. The van der Waals surface area contributed by atoms with Crippen LogP contribution in [0.25, 0.3) is 0 Å². The molecule has 1 aromatic carbocycles. The maximum Gasteiger partial charge on any atom is 0.338 e. The molecule has 6 heteroatoms. The lowest BCUT2D eigenvalue weighted by molar-refractivity contribution is 0.0600. The minimum atomic E-state index is -0.669. The molecule has 98 valence electrons. The molecule has 0 fully saturated rings.